The molecule has 1 aromatic heterocycles. The molecule has 0 fully saturated rings. The van der Waals surface area contributed by atoms with Crippen molar-refractivity contribution in [2.75, 3.05) is 7.05 Å². The van der Waals surface area contributed by atoms with Crippen LogP contribution in [0.4, 0.5) is 0 Å². The Balaban J connectivity index is 1.36. The first kappa shape index (κ1) is 28.4. The minimum atomic E-state index is -0.625. The zero-order valence-corrected chi connectivity index (χ0v) is 24.3. The number of nitrogens with zero attached hydrogens (tertiary/aromatic N) is 5. The van der Waals surface area contributed by atoms with E-state index in [0.717, 1.165) is 57.6 Å². The fourth-order valence-electron chi connectivity index (χ4n) is 5.59. The molecule has 0 saturated heterocycles. The van der Waals surface area contributed by atoms with Crippen LogP contribution in [-0.4, -0.2) is 27.8 Å². The zero-order chi connectivity index (χ0) is 29.7. The van der Waals surface area contributed by atoms with E-state index in [-0.39, 0.29) is 0 Å². The van der Waals surface area contributed by atoms with E-state index in [9.17, 15) is 0 Å². The van der Waals surface area contributed by atoms with Crippen molar-refractivity contribution in [2.24, 2.45) is 10.7 Å². The second-order valence-electron chi connectivity index (χ2n) is 10.7. The van der Waals surface area contributed by atoms with Crippen LogP contribution in [-0.2, 0) is 18.6 Å². The average Bonchev–Trinajstić information content (AvgIpc) is 3.26. The van der Waals surface area contributed by atoms with Crippen LogP contribution in [0.3, 0.4) is 0 Å². The first-order valence-corrected chi connectivity index (χ1v) is 14.2. The van der Waals surface area contributed by atoms with Gasteiger partial charge < -0.3 is 15.5 Å². The lowest BCUT2D eigenvalue weighted by Gasteiger charge is -2.31. The monoisotopic (exact) mass is 552 g/mol. The van der Waals surface area contributed by atoms with Gasteiger partial charge >= 0.3 is 0 Å². The van der Waals surface area contributed by atoms with Crippen LogP contribution in [0.1, 0.15) is 47.6 Å². The number of guanidine groups is 1. The van der Waals surface area contributed by atoms with E-state index in [2.05, 4.69) is 84.6 Å². The second-order valence-corrected chi connectivity index (χ2v) is 10.7. The Morgan fingerprint density at radius 1 is 1.00 bits per heavy atom. The van der Waals surface area contributed by atoms with Crippen molar-refractivity contribution in [2.45, 2.75) is 38.4 Å². The minimum absolute atomic E-state index is 0.474. The molecule has 0 radical (unpaired) electrons. The predicted octanol–water partition coefficient (Wildman–Crippen LogP) is 7.06. The molecule has 6 nitrogen and oxygen atoms in total. The van der Waals surface area contributed by atoms with E-state index in [0.29, 0.717) is 24.6 Å². The van der Waals surface area contributed by atoms with Gasteiger partial charge in [0, 0.05) is 37.4 Å². The molecule has 0 saturated carbocycles. The molecular weight excluding hydrogens is 516 g/mol. The molecule has 2 heterocycles. The summed E-state index contributed by atoms with van der Waals surface area (Å²) in [6.45, 7) is 12.3. The number of pyridine rings is 1. The van der Waals surface area contributed by atoms with Crippen LogP contribution >= 0.6 is 0 Å². The Morgan fingerprint density at radius 2 is 1.76 bits per heavy atom. The van der Waals surface area contributed by atoms with Crippen molar-refractivity contribution >= 4 is 11.7 Å². The standard InChI is InChI=1S/C36H36N6/c1-5-18-36(34-13-7-11-32(21-34)33-12-8-19-39-23-33)27(3)42(35(38)40-36)25-30-9-6-10-31(20-30)26(2)41(4)24-29-16-14-28(22-37)15-17-29/h6-17,19-21,23H,2-3,5,18,24-25H2,1,4H3,(H2,38,40). The third-order valence-electron chi connectivity index (χ3n) is 7.90. The first-order valence-electron chi connectivity index (χ1n) is 14.2. The molecule has 0 spiro atoms. The highest BCUT2D eigenvalue weighted by molar-refractivity contribution is 5.84. The van der Waals surface area contributed by atoms with Gasteiger partial charge in [-0.2, -0.15) is 5.26 Å². The summed E-state index contributed by atoms with van der Waals surface area (Å²) in [5, 5.41) is 9.07. The molecule has 1 atom stereocenters. The molecule has 42 heavy (non-hydrogen) atoms. The summed E-state index contributed by atoms with van der Waals surface area (Å²) in [5.41, 5.74) is 14.9. The van der Waals surface area contributed by atoms with Crippen LogP contribution in [0.25, 0.3) is 16.8 Å². The molecule has 4 aromatic rings. The third kappa shape index (κ3) is 5.68. The van der Waals surface area contributed by atoms with E-state index >= 15 is 0 Å². The summed E-state index contributed by atoms with van der Waals surface area (Å²) in [6.07, 6.45) is 5.39. The highest BCUT2D eigenvalue weighted by Crippen LogP contribution is 2.44. The lowest BCUT2D eigenvalue weighted by atomic mass is 9.82. The van der Waals surface area contributed by atoms with Gasteiger partial charge in [-0.15, -0.1) is 0 Å². The first-order chi connectivity index (χ1) is 20.3. The maximum absolute atomic E-state index is 9.07. The number of nitriles is 1. The van der Waals surface area contributed by atoms with Crippen molar-refractivity contribution < 1.29 is 0 Å². The van der Waals surface area contributed by atoms with E-state index in [1.54, 1.807) is 6.20 Å². The maximum atomic E-state index is 9.07. The van der Waals surface area contributed by atoms with E-state index in [1.807, 2.05) is 54.5 Å². The summed E-state index contributed by atoms with van der Waals surface area (Å²) in [7, 11) is 2.03. The molecule has 0 aliphatic carbocycles. The molecule has 0 bridgehead atoms. The van der Waals surface area contributed by atoms with Gasteiger partial charge in [-0.1, -0.05) is 81.1 Å². The third-order valence-corrected chi connectivity index (χ3v) is 7.90. The molecule has 210 valence electrons. The summed E-state index contributed by atoms with van der Waals surface area (Å²) < 4.78 is 0. The number of aromatic nitrogens is 1. The summed E-state index contributed by atoms with van der Waals surface area (Å²) in [5.74, 6) is 0.474. The van der Waals surface area contributed by atoms with E-state index in [1.165, 1.54) is 0 Å². The number of hydrogen-bond acceptors (Lipinski definition) is 6. The highest BCUT2D eigenvalue weighted by atomic mass is 15.3. The van der Waals surface area contributed by atoms with Gasteiger partial charge in [0.15, 0.2) is 5.96 Å². The van der Waals surface area contributed by atoms with Crippen molar-refractivity contribution in [3.63, 3.8) is 0 Å². The van der Waals surface area contributed by atoms with Gasteiger partial charge in [0.1, 0.15) is 5.54 Å². The lowest BCUT2D eigenvalue weighted by molar-refractivity contribution is 0.405. The molecule has 3 aromatic carbocycles. The van der Waals surface area contributed by atoms with Crippen LogP contribution < -0.4 is 5.73 Å². The molecule has 1 unspecified atom stereocenters. The fourth-order valence-corrected chi connectivity index (χ4v) is 5.59. The van der Waals surface area contributed by atoms with Crippen LogP contribution in [0.5, 0.6) is 0 Å². The lowest BCUT2D eigenvalue weighted by Crippen LogP contribution is -2.34. The van der Waals surface area contributed by atoms with Crippen LogP contribution in [0, 0.1) is 11.3 Å². The van der Waals surface area contributed by atoms with Gasteiger partial charge in [-0.25, -0.2) is 4.99 Å². The van der Waals surface area contributed by atoms with Crippen LogP contribution in [0.15, 0.2) is 121 Å². The quantitative estimate of drug-likeness (QED) is 0.228. The van der Waals surface area contributed by atoms with Crippen molar-refractivity contribution in [3.8, 4) is 17.2 Å². The maximum Gasteiger partial charge on any atom is 0.197 e. The Bertz CT molecular complexity index is 1670. The van der Waals surface area contributed by atoms with Gasteiger partial charge in [-0.05, 0) is 70.1 Å². The SMILES string of the molecule is C=C(c1cccc(CN2C(=C)C(CCC)(c3cccc(-c4cccnc4)c3)N=C2N)c1)N(C)Cc1ccc(C#N)cc1. The van der Waals surface area contributed by atoms with Gasteiger partial charge in [-0.3, -0.25) is 4.98 Å². The highest BCUT2D eigenvalue weighted by Gasteiger charge is 2.43. The zero-order valence-electron chi connectivity index (χ0n) is 24.3. The average molecular weight is 553 g/mol. The number of benzene rings is 3. The summed E-state index contributed by atoms with van der Waals surface area (Å²) >= 11 is 0. The Labute approximate surface area is 248 Å². The van der Waals surface area contributed by atoms with Crippen molar-refractivity contribution in [1.82, 2.24) is 14.8 Å². The normalized spacial score (nSPS) is 16.2. The number of rotatable bonds is 10. The van der Waals surface area contributed by atoms with Crippen molar-refractivity contribution in [1.29, 1.82) is 5.26 Å². The topological polar surface area (TPSA) is 81.5 Å². The molecule has 0 amide bonds. The Hall–Kier alpha value is -5.15. The summed E-state index contributed by atoms with van der Waals surface area (Å²) in [4.78, 5) is 13.5. The number of hydrogen-bond donors (Lipinski definition) is 1. The molecule has 1 aliphatic heterocycles. The minimum Gasteiger partial charge on any atom is -0.370 e. The molecule has 2 N–H and O–H groups in total. The predicted molar refractivity (Wildman–Crippen MR) is 171 cm³/mol. The Kier molecular flexibility index (Phi) is 8.21. The molecule has 6 heteroatoms. The van der Waals surface area contributed by atoms with Gasteiger partial charge in [0.05, 0.1) is 18.2 Å². The van der Waals surface area contributed by atoms with Crippen molar-refractivity contribution in [3.05, 3.63) is 144 Å². The Morgan fingerprint density at radius 3 is 2.48 bits per heavy atom. The molecule has 1 aliphatic rings. The molecule has 5 rings (SSSR count). The fraction of sp³-hybridized carbons (Fsp3) is 0.194. The van der Waals surface area contributed by atoms with Crippen LogP contribution in [0.2, 0.25) is 0 Å². The largest absolute Gasteiger partial charge is 0.370 e. The van der Waals surface area contributed by atoms with Gasteiger partial charge in [0.25, 0.3) is 0 Å². The van der Waals surface area contributed by atoms with E-state index < -0.39 is 5.54 Å². The van der Waals surface area contributed by atoms with Gasteiger partial charge in [0.2, 0.25) is 0 Å². The number of nitrogens with two attached hydrogens (primary N) is 1. The smallest absolute Gasteiger partial charge is 0.197 e. The summed E-state index contributed by atoms with van der Waals surface area (Å²) in [6, 6.07) is 30.7. The molecular formula is C36H36N6. The number of aliphatic imine (C=N–C) groups is 1. The second kappa shape index (κ2) is 12.2. The van der Waals surface area contributed by atoms with E-state index in [4.69, 9.17) is 16.0 Å².